The summed E-state index contributed by atoms with van der Waals surface area (Å²) in [5.74, 6) is 1.34. The minimum atomic E-state index is 0.503. The second-order valence-corrected chi connectivity index (χ2v) is 5.99. The molecule has 0 spiro atoms. The molecule has 1 nitrogen and oxygen atoms in total. The average Bonchev–Trinajstić information content (AvgIpc) is 2.39. The van der Waals surface area contributed by atoms with Crippen LogP contribution in [0.3, 0.4) is 0 Å². The van der Waals surface area contributed by atoms with Crippen molar-refractivity contribution in [2.24, 2.45) is 11.8 Å². The highest BCUT2D eigenvalue weighted by Gasteiger charge is 2.20. The van der Waals surface area contributed by atoms with Gasteiger partial charge in [-0.2, -0.15) is 12.6 Å². The maximum absolute atomic E-state index is 4.82. The van der Waals surface area contributed by atoms with Gasteiger partial charge in [0.05, 0.1) is 0 Å². The summed E-state index contributed by atoms with van der Waals surface area (Å²) in [5.41, 5.74) is 0. The first-order chi connectivity index (χ1) is 8.67. The van der Waals surface area contributed by atoms with Crippen LogP contribution in [-0.2, 0) is 0 Å². The zero-order valence-electron chi connectivity index (χ0n) is 12.8. The molecule has 0 rings (SSSR count). The van der Waals surface area contributed by atoms with Crippen LogP contribution in [-0.4, -0.2) is 19.8 Å². The summed E-state index contributed by atoms with van der Waals surface area (Å²) in [4.78, 5) is 0. The van der Waals surface area contributed by atoms with Crippen molar-refractivity contribution in [1.29, 1.82) is 0 Å². The number of thiol groups is 1. The fraction of sp³-hybridized carbons (Fsp3) is 0.867. The third-order valence-corrected chi connectivity index (χ3v) is 4.64. The second kappa shape index (κ2) is 12.2. The van der Waals surface area contributed by atoms with E-state index in [1.54, 1.807) is 0 Å². The molecule has 0 bridgehead atoms. The number of hydrogen-bond acceptors (Lipinski definition) is 2. The molecule has 0 aliphatic carbocycles. The van der Waals surface area contributed by atoms with Gasteiger partial charge in [-0.15, -0.1) is 0 Å². The maximum Gasteiger partial charge on any atom is 0.181 e. The fourth-order valence-corrected chi connectivity index (χ4v) is 2.75. The summed E-state index contributed by atoms with van der Waals surface area (Å²) < 4.78 is 0. The molecule has 0 aromatic heterocycles. The number of hydrogen-bond donors (Lipinski definition) is 2. The van der Waals surface area contributed by atoms with Gasteiger partial charge in [0.1, 0.15) is 0 Å². The van der Waals surface area contributed by atoms with Gasteiger partial charge in [-0.25, -0.2) is 0 Å². The van der Waals surface area contributed by atoms with Gasteiger partial charge in [-0.3, -0.25) is 0 Å². The monoisotopic (exact) mass is 269 g/mol. The van der Waals surface area contributed by atoms with Crippen LogP contribution in [0.5, 0.6) is 0 Å². The lowest BCUT2D eigenvalue weighted by molar-refractivity contribution is 0.399. The van der Waals surface area contributed by atoms with Crippen molar-refractivity contribution in [3.63, 3.8) is 0 Å². The van der Waals surface area contributed by atoms with E-state index in [4.69, 9.17) is 12.6 Å². The van der Waals surface area contributed by atoms with Crippen LogP contribution < -0.4 is 5.23 Å². The van der Waals surface area contributed by atoms with Crippen molar-refractivity contribution >= 4 is 20.6 Å². The Kier molecular flexibility index (Phi) is 12.2. The Hall–Kier alpha value is 0.115. The molecule has 0 aliphatic heterocycles. The molecule has 0 heterocycles. The van der Waals surface area contributed by atoms with Gasteiger partial charge >= 0.3 is 0 Å². The predicted octanol–water partition coefficient (Wildman–Crippen LogP) is 3.61. The van der Waals surface area contributed by atoms with Gasteiger partial charge in [0.15, 0.2) is 7.98 Å². The topological polar surface area (TPSA) is 12.0 Å². The first kappa shape index (κ1) is 18.1. The van der Waals surface area contributed by atoms with Crippen LogP contribution in [0, 0.1) is 11.8 Å². The van der Waals surface area contributed by atoms with Gasteiger partial charge in [-0.1, -0.05) is 52.2 Å². The number of nitrogens with one attached hydrogen (secondary N) is 1. The van der Waals surface area contributed by atoms with E-state index >= 15 is 0 Å². The van der Waals surface area contributed by atoms with E-state index < -0.39 is 0 Å². The summed E-state index contributed by atoms with van der Waals surface area (Å²) in [5, 5.41) is 3.78. The van der Waals surface area contributed by atoms with Crippen LogP contribution in [0.15, 0.2) is 12.2 Å². The summed E-state index contributed by atoms with van der Waals surface area (Å²) >= 11 is 4.82. The Morgan fingerprint density at radius 3 is 2.50 bits per heavy atom. The Labute approximate surface area is 121 Å². The van der Waals surface area contributed by atoms with Crippen LogP contribution in [0.4, 0.5) is 0 Å². The molecule has 0 radical (unpaired) electrons. The molecule has 0 aliphatic rings. The first-order valence-corrected chi connectivity index (χ1v) is 8.16. The summed E-state index contributed by atoms with van der Waals surface area (Å²) in [6.07, 6.45) is 12.3. The third kappa shape index (κ3) is 8.26. The predicted molar refractivity (Wildman–Crippen MR) is 90.2 cm³/mol. The van der Waals surface area contributed by atoms with Crippen molar-refractivity contribution in [3.05, 3.63) is 12.2 Å². The second-order valence-electron chi connectivity index (χ2n) is 5.40. The highest BCUT2D eigenvalue weighted by atomic mass is 32.1. The van der Waals surface area contributed by atoms with Crippen LogP contribution >= 0.6 is 12.6 Å². The fourth-order valence-electron chi connectivity index (χ4n) is 2.31. The Morgan fingerprint density at radius 1 is 1.22 bits per heavy atom. The SMILES string of the molecule is BNCC(CC)C(S)C(C)C/C=C/CCCCC. The van der Waals surface area contributed by atoms with Gasteiger partial charge in [0, 0.05) is 5.25 Å². The summed E-state index contributed by atoms with van der Waals surface area (Å²) in [6.45, 7) is 7.92. The normalized spacial score (nSPS) is 16.9. The zero-order chi connectivity index (χ0) is 13.8. The van der Waals surface area contributed by atoms with Gasteiger partial charge in [0.2, 0.25) is 0 Å². The van der Waals surface area contributed by atoms with Crippen LogP contribution in [0.1, 0.15) is 59.3 Å². The summed E-state index contributed by atoms with van der Waals surface area (Å²) in [7, 11) is 2.03. The molecule has 0 aromatic carbocycles. The Bertz CT molecular complexity index is 209. The molecule has 0 saturated carbocycles. The van der Waals surface area contributed by atoms with Crippen molar-refractivity contribution in [2.75, 3.05) is 6.54 Å². The lowest BCUT2D eigenvalue weighted by Gasteiger charge is -2.26. The molecule has 1 N–H and O–H groups in total. The molecule has 0 aromatic rings. The lowest BCUT2D eigenvalue weighted by atomic mass is 9.90. The molecule has 3 heteroatoms. The van der Waals surface area contributed by atoms with Crippen LogP contribution in [0.2, 0.25) is 0 Å². The highest BCUT2D eigenvalue weighted by molar-refractivity contribution is 7.81. The Balaban J connectivity index is 3.87. The molecule has 0 fully saturated rings. The molecule has 18 heavy (non-hydrogen) atoms. The van der Waals surface area contributed by atoms with Crippen molar-refractivity contribution in [2.45, 2.75) is 64.5 Å². The molecule has 0 amide bonds. The lowest BCUT2D eigenvalue weighted by Crippen LogP contribution is -2.30. The average molecular weight is 269 g/mol. The van der Waals surface area contributed by atoms with Crippen molar-refractivity contribution < 1.29 is 0 Å². The van der Waals surface area contributed by atoms with E-state index in [0.29, 0.717) is 17.1 Å². The van der Waals surface area contributed by atoms with E-state index in [2.05, 4.69) is 38.2 Å². The number of allylic oxidation sites excluding steroid dienone is 2. The zero-order valence-corrected chi connectivity index (χ0v) is 13.7. The van der Waals surface area contributed by atoms with E-state index in [9.17, 15) is 0 Å². The minimum Gasteiger partial charge on any atom is -0.362 e. The van der Waals surface area contributed by atoms with Gasteiger partial charge in [0.25, 0.3) is 0 Å². The number of unbranched alkanes of at least 4 members (excludes halogenated alkanes) is 3. The van der Waals surface area contributed by atoms with Crippen molar-refractivity contribution in [3.8, 4) is 0 Å². The molecular weight excluding hydrogens is 237 g/mol. The first-order valence-electron chi connectivity index (χ1n) is 7.64. The molecule has 3 atom stereocenters. The third-order valence-electron chi connectivity index (χ3n) is 3.71. The Morgan fingerprint density at radius 2 is 1.94 bits per heavy atom. The van der Waals surface area contributed by atoms with E-state index in [1.165, 1.54) is 38.5 Å². The number of rotatable bonds is 11. The summed E-state index contributed by atoms with van der Waals surface area (Å²) in [6, 6.07) is 0. The van der Waals surface area contributed by atoms with Gasteiger partial charge < -0.3 is 5.23 Å². The smallest absolute Gasteiger partial charge is 0.181 e. The molecule has 0 saturated heterocycles. The van der Waals surface area contributed by atoms with E-state index in [-0.39, 0.29) is 0 Å². The minimum absolute atomic E-state index is 0.503. The van der Waals surface area contributed by atoms with Crippen molar-refractivity contribution in [1.82, 2.24) is 5.23 Å². The largest absolute Gasteiger partial charge is 0.362 e. The quantitative estimate of drug-likeness (QED) is 0.253. The molecular formula is C15H32BNS. The van der Waals surface area contributed by atoms with E-state index in [1.807, 2.05) is 7.98 Å². The van der Waals surface area contributed by atoms with Crippen LogP contribution in [0.25, 0.3) is 0 Å². The maximum atomic E-state index is 4.82. The highest BCUT2D eigenvalue weighted by Crippen LogP contribution is 2.24. The molecule has 106 valence electrons. The molecule has 3 unspecified atom stereocenters. The van der Waals surface area contributed by atoms with Gasteiger partial charge in [-0.05, 0) is 37.6 Å². The standard InChI is InChI=1S/C15H32BNS/c1-4-6-7-8-9-10-11-13(3)15(18)14(5-2)12-17-16/h9-10,13-15,17-18H,4-8,11-12,16H2,1-3H3/b10-9+. The van der Waals surface area contributed by atoms with E-state index in [0.717, 1.165) is 6.54 Å².